The Morgan fingerprint density at radius 3 is 2.15 bits per heavy atom. The fourth-order valence-corrected chi connectivity index (χ4v) is 9.22. The van der Waals surface area contributed by atoms with Gasteiger partial charge in [-0.25, -0.2) is 0 Å². The maximum Gasteiger partial charge on any atom is 0.120 e. The summed E-state index contributed by atoms with van der Waals surface area (Å²) in [4.78, 5) is 9.01. The number of hydrogen-bond acceptors (Lipinski definition) is 3. The molecule has 0 saturated heterocycles. The van der Waals surface area contributed by atoms with E-state index >= 15 is 0 Å². The van der Waals surface area contributed by atoms with Gasteiger partial charge in [-0.2, -0.15) is 0 Å². The first-order valence-corrected chi connectivity index (χ1v) is 22.3. The second-order valence-electron chi connectivity index (χ2n) is 19.6. The molecule has 0 atom stereocenters. The Bertz CT molecular complexity index is 3600. The molecule has 1 radical (unpaired) electrons. The average Bonchev–Trinajstić information content (AvgIpc) is 3.76. The first kappa shape index (κ1) is 35.3. The van der Waals surface area contributed by atoms with Crippen LogP contribution in [0, 0.1) is 32.7 Å². The number of rotatable bonds is 5. The molecule has 0 unspecified atom stereocenters. The number of aryl methyl sites for hydroxylation is 3. The molecule has 0 saturated carbocycles. The van der Waals surface area contributed by atoms with Gasteiger partial charge < -0.3 is 14.4 Å². The van der Waals surface area contributed by atoms with Gasteiger partial charge in [-0.1, -0.05) is 175 Å². The third kappa shape index (κ3) is 9.24. The zero-order valence-electron chi connectivity index (χ0n) is 48.5. The molecule has 10 rings (SSSR count). The number of pyridine rings is 2. The van der Waals surface area contributed by atoms with E-state index in [1.54, 1.807) is 36.5 Å². The summed E-state index contributed by atoms with van der Waals surface area (Å²) in [5, 5.41) is 1.78. The van der Waals surface area contributed by atoms with Crippen molar-refractivity contribution in [3.05, 3.63) is 191 Å². The number of fused-ring (bicyclic) bond motifs is 4. The Morgan fingerprint density at radius 1 is 0.636 bits per heavy atom. The van der Waals surface area contributed by atoms with Crippen LogP contribution in [0.1, 0.15) is 115 Å². The molecule has 4 heteroatoms. The molecule has 1 aliphatic rings. The van der Waals surface area contributed by atoms with Gasteiger partial charge in [-0.15, -0.1) is 47.5 Å². The van der Waals surface area contributed by atoms with Gasteiger partial charge in [0.15, 0.2) is 0 Å². The molecule has 66 heavy (non-hydrogen) atoms. The third-order valence-electron chi connectivity index (χ3n) is 13.1. The summed E-state index contributed by atoms with van der Waals surface area (Å²) in [5.41, 5.74) is 10.6. The smallest absolute Gasteiger partial charge is 0.120 e. The molecule has 3 heterocycles. The zero-order chi connectivity index (χ0) is 54.0. The Morgan fingerprint density at radius 2 is 1.38 bits per heavy atom. The van der Waals surface area contributed by atoms with Crippen LogP contribution < -0.4 is 0 Å². The van der Waals surface area contributed by atoms with Crippen molar-refractivity contribution in [1.29, 1.82) is 0 Å². The normalized spacial score (nSPS) is 17.0. The molecular weight excluding hydrogens is 981 g/mol. The van der Waals surface area contributed by atoms with Crippen molar-refractivity contribution >= 4 is 21.9 Å². The monoisotopic (exact) mass is 1050 g/mol. The van der Waals surface area contributed by atoms with Crippen LogP contribution in [0.2, 0.25) is 0 Å². The molecule has 0 spiro atoms. The second-order valence-corrected chi connectivity index (χ2v) is 19.6. The Hall–Kier alpha value is -5.93. The minimum atomic E-state index is -2.64. The van der Waals surface area contributed by atoms with E-state index in [0.717, 1.165) is 52.4 Å². The van der Waals surface area contributed by atoms with E-state index in [1.807, 2.05) is 78.9 Å². The zero-order valence-corrected chi connectivity index (χ0v) is 40.9. The molecule has 0 aliphatic heterocycles. The van der Waals surface area contributed by atoms with Gasteiger partial charge in [-0.3, -0.25) is 0 Å². The number of para-hydroxylation sites is 1. The summed E-state index contributed by atoms with van der Waals surface area (Å²) in [7, 11) is 0. The van der Waals surface area contributed by atoms with Crippen molar-refractivity contribution < 1.29 is 38.2 Å². The molecular formula is C62H60IrN2O-2. The summed E-state index contributed by atoms with van der Waals surface area (Å²) < 4.78 is 89.9. The summed E-state index contributed by atoms with van der Waals surface area (Å²) >= 11 is 0. The predicted molar refractivity (Wildman–Crippen MR) is 273 cm³/mol. The third-order valence-corrected chi connectivity index (χ3v) is 13.1. The van der Waals surface area contributed by atoms with Gasteiger partial charge in [0.1, 0.15) is 5.58 Å². The van der Waals surface area contributed by atoms with Crippen molar-refractivity contribution in [3.63, 3.8) is 0 Å². The van der Waals surface area contributed by atoms with Crippen LogP contribution in [-0.2, 0) is 36.4 Å². The molecule has 3 aromatic heterocycles. The molecule has 9 aromatic rings. The molecule has 335 valence electrons. The molecule has 0 amide bonds. The van der Waals surface area contributed by atoms with Crippen LogP contribution >= 0.6 is 0 Å². The average molecular weight is 1050 g/mol. The van der Waals surface area contributed by atoms with Crippen LogP contribution in [0.15, 0.2) is 150 Å². The first-order valence-electron chi connectivity index (χ1n) is 27.3. The van der Waals surface area contributed by atoms with Gasteiger partial charge in [0.25, 0.3) is 0 Å². The summed E-state index contributed by atoms with van der Waals surface area (Å²) in [6.07, 6.45) is 6.29. The van der Waals surface area contributed by atoms with E-state index in [1.165, 1.54) is 22.9 Å². The van der Waals surface area contributed by atoms with Crippen molar-refractivity contribution in [1.82, 2.24) is 9.97 Å². The molecule has 0 bridgehead atoms. The number of benzene rings is 6. The number of aromatic nitrogens is 2. The van der Waals surface area contributed by atoms with Crippen LogP contribution in [0.3, 0.4) is 0 Å². The summed E-state index contributed by atoms with van der Waals surface area (Å²) in [6, 6.07) is 45.8. The van der Waals surface area contributed by atoms with Gasteiger partial charge >= 0.3 is 0 Å². The Kier molecular flexibility index (Phi) is 9.83. The van der Waals surface area contributed by atoms with Crippen molar-refractivity contribution in [2.75, 3.05) is 0 Å². The fourth-order valence-electron chi connectivity index (χ4n) is 9.22. The number of furan rings is 1. The van der Waals surface area contributed by atoms with E-state index in [4.69, 9.17) is 16.8 Å². The Labute approximate surface area is 420 Å². The van der Waals surface area contributed by atoms with Crippen LogP contribution in [0.4, 0.5) is 0 Å². The standard InChI is InChI=1S/C40H38NO.C22H22N.Ir/c1-25-21-27(28-16-18-34-35(22-28)40(5,6)20-10-19-39(34,3)4)15-17-29(25)33-23-36(41-24-26(33)2)32-13-9-12-31-30-11-7-8-14-37(30)42-38(31)32;1-16-10-11-18(14-20(16)17-8-6-5-7-9-17)21-15-19(12-13-23-21)22(2,3)4;/h7-9,11-12,14-18,21-24H,10,19-20H2,1-6H3;5-10,12-15H,1-4H3;/q2*-1;/i1D3,2D3,17D;1D3;. The van der Waals surface area contributed by atoms with E-state index in [2.05, 4.69) is 88.8 Å². The maximum absolute atomic E-state index is 9.28. The van der Waals surface area contributed by atoms with Gasteiger partial charge in [-0.05, 0) is 122 Å². The minimum absolute atomic E-state index is 0. The molecule has 0 N–H and O–H groups in total. The van der Waals surface area contributed by atoms with Crippen LogP contribution in [0.5, 0.6) is 0 Å². The second kappa shape index (κ2) is 18.4. The summed E-state index contributed by atoms with van der Waals surface area (Å²) in [5.74, 6) is 0. The number of hydrogen-bond donors (Lipinski definition) is 0. The molecule has 3 nitrogen and oxygen atoms in total. The van der Waals surface area contributed by atoms with Crippen molar-refractivity contribution in [2.45, 2.75) is 105 Å². The molecule has 6 aromatic carbocycles. The van der Waals surface area contributed by atoms with E-state index < -0.39 is 20.6 Å². The minimum Gasteiger partial charge on any atom is -0.501 e. The van der Waals surface area contributed by atoms with Crippen LogP contribution in [-0.4, -0.2) is 9.97 Å². The van der Waals surface area contributed by atoms with Gasteiger partial charge in [0, 0.05) is 50.2 Å². The molecule has 0 fully saturated rings. The van der Waals surface area contributed by atoms with E-state index in [-0.39, 0.29) is 64.6 Å². The van der Waals surface area contributed by atoms with Crippen LogP contribution in [0.25, 0.3) is 77.8 Å². The predicted octanol–water partition coefficient (Wildman–Crippen LogP) is 17.0. The van der Waals surface area contributed by atoms with Gasteiger partial charge in [0.2, 0.25) is 0 Å². The van der Waals surface area contributed by atoms with Crippen molar-refractivity contribution in [2.24, 2.45) is 0 Å². The summed E-state index contributed by atoms with van der Waals surface area (Å²) in [6.45, 7) is 8.06. The topological polar surface area (TPSA) is 38.9 Å². The molecule has 1 aliphatic carbocycles. The largest absolute Gasteiger partial charge is 0.501 e. The Balaban J connectivity index is 0.000000240. The van der Waals surface area contributed by atoms with Crippen molar-refractivity contribution in [3.8, 4) is 55.9 Å². The fraction of sp³-hybridized carbons (Fsp3) is 0.258. The van der Waals surface area contributed by atoms with E-state index in [0.29, 0.717) is 39.1 Å². The maximum atomic E-state index is 9.28. The SMILES string of the molecule is [2H]C([2H])([2H])c1c[c-]c(-c2cc(C(C)(C)C)ccn2)cc1-c1ccccc1.[2H]c1cc(-c2ccc3c(c2)C(C)(C)CCCC3(C)C)cc(C([2H])([2H])[2H])c1-c1cc(-c2[c-]ccc3c2oc2ccccc23)ncc1C([2H])([2H])[2H].[Ir]. The quantitative estimate of drug-likeness (QED) is 0.127. The van der Waals surface area contributed by atoms with E-state index in [9.17, 15) is 1.37 Å². The van der Waals surface area contributed by atoms with Gasteiger partial charge in [0.05, 0.1) is 6.95 Å². The first-order chi connectivity index (χ1) is 35.1. The number of nitrogens with zero attached hydrogens (tertiary/aromatic N) is 2.